The van der Waals surface area contributed by atoms with Gasteiger partial charge in [0, 0.05) is 88.6 Å². The number of carbonyl (C=O) groups excluding carboxylic acids is 2. The van der Waals surface area contributed by atoms with Gasteiger partial charge >= 0.3 is 0 Å². The van der Waals surface area contributed by atoms with Gasteiger partial charge in [-0.1, -0.05) is 63.8 Å². The molecular formula is C54H46N16O2. The van der Waals surface area contributed by atoms with Crippen molar-refractivity contribution in [2.24, 2.45) is 5.92 Å². The van der Waals surface area contributed by atoms with Crippen LogP contribution in [0.3, 0.4) is 0 Å². The highest BCUT2D eigenvalue weighted by atomic mass is 16.2. The van der Waals surface area contributed by atoms with E-state index in [2.05, 4.69) is 77.5 Å². The van der Waals surface area contributed by atoms with Gasteiger partial charge in [0.15, 0.2) is 22.9 Å². The van der Waals surface area contributed by atoms with Crippen molar-refractivity contribution >= 4 is 62.0 Å². The molecule has 0 atom stereocenters. The molecule has 18 heteroatoms. The van der Waals surface area contributed by atoms with E-state index in [1.165, 1.54) is 0 Å². The van der Waals surface area contributed by atoms with Crippen LogP contribution in [0.2, 0.25) is 0 Å². The van der Waals surface area contributed by atoms with Crippen LogP contribution in [-0.4, -0.2) is 82.0 Å². The normalized spacial score (nSPS) is 11.5. The van der Waals surface area contributed by atoms with Crippen LogP contribution in [-0.2, 0) is 9.59 Å². The predicted octanol–water partition coefficient (Wildman–Crippen LogP) is 10.3. The molecule has 0 bridgehead atoms. The number of allylic oxidation sites excluding steroid dienone is 2. The third-order valence-corrected chi connectivity index (χ3v) is 11.7. The maximum absolute atomic E-state index is 12.1. The van der Waals surface area contributed by atoms with Crippen LogP contribution in [0.5, 0.6) is 0 Å². The number of hydrogen-bond donors (Lipinski definition) is 6. The summed E-state index contributed by atoms with van der Waals surface area (Å²) in [5.74, 6) is 1.55. The number of hydrogen-bond acceptors (Lipinski definition) is 12. The van der Waals surface area contributed by atoms with Crippen LogP contribution in [0.15, 0.2) is 147 Å². The Morgan fingerprint density at radius 3 is 2.04 bits per heavy atom. The first kappa shape index (κ1) is 45.9. The van der Waals surface area contributed by atoms with Crippen LogP contribution < -0.4 is 10.6 Å². The largest absolute Gasteiger partial charge is 0.340 e. The number of pyridine rings is 6. The first-order valence-corrected chi connectivity index (χ1v) is 23.1. The number of H-pyrrole nitrogens is 4. The summed E-state index contributed by atoms with van der Waals surface area (Å²) in [6.45, 7) is 11.3. The van der Waals surface area contributed by atoms with Gasteiger partial charge in [-0.05, 0) is 67.6 Å². The molecule has 0 unspecified atom stereocenters. The molecule has 72 heavy (non-hydrogen) atoms. The van der Waals surface area contributed by atoms with Crippen molar-refractivity contribution in [1.82, 2.24) is 70.2 Å². The number of rotatable bonds is 12. The van der Waals surface area contributed by atoms with Crippen molar-refractivity contribution < 1.29 is 9.59 Å². The van der Waals surface area contributed by atoms with Gasteiger partial charge in [0.1, 0.15) is 17.2 Å². The van der Waals surface area contributed by atoms with E-state index in [1.807, 2.05) is 106 Å². The zero-order valence-electron chi connectivity index (χ0n) is 39.6. The number of aryl methyl sites for hydroxylation is 1. The minimum absolute atomic E-state index is 0.0655. The molecule has 6 N–H and O–H groups in total. The number of carbonyl (C=O) groups is 2. The molecule has 11 aromatic rings. The zero-order valence-corrected chi connectivity index (χ0v) is 39.6. The summed E-state index contributed by atoms with van der Waals surface area (Å²) in [7, 11) is 0. The average Bonchev–Trinajstić information content (AvgIpc) is 4.23. The summed E-state index contributed by atoms with van der Waals surface area (Å²) in [5, 5.41) is 22.2. The molecule has 0 saturated carbocycles. The quantitative estimate of drug-likeness (QED) is 0.0626. The molecule has 0 spiro atoms. The van der Waals surface area contributed by atoms with E-state index in [-0.39, 0.29) is 17.7 Å². The number of nitrogens with one attached hydrogen (secondary N) is 6. The van der Waals surface area contributed by atoms with E-state index in [0.717, 1.165) is 89.4 Å². The van der Waals surface area contributed by atoms with E-state index in [4.69, 9.17) is 9.97 Å². The van der Waals surface area contributed by atoms with Crippen LogP contribution in [0.25, 0.3) is 95.2 Å². The maximum Gasteiger partial charge on any atom is 0.226 e. The Balaban J connectivity index is 0.000000166. The van der Waals surface area contributed by atoms with Gasteiger partial charge < -0.3 is 20.6 Å². The van der Waals surface area contributed by atoms with Crippen molar-refractivity contribution in [2.45, 2.75) is 34.1 Å². The van der Waals surface area contributed by atoms with E-state index in [1.54, 1.807) is 62.4 Å². The van der Waals surface area contributed by atoms with Gasteiger partial charge in [-0.2, -0.15) is 10.2 Å². The van der Waals surface area contributed by atoms with E-state index < -0.39 is 0 Å². The van der Waals surface area contributed by atoms with Gasteiger partial charge in [-0.3, -0.25) is 34.7 Å². The standard InChI is InChI=1S/C28H26N8O.C26H20N8O/c1-5-8-21(23-9-6-7-10-30-23)24-17(4)32-27(34-24)25-22-12-19(14-31-26(22)36-35-25)18-11-20(15-29-13-18)33-28(37)16(2)3;1-2-22(35)31-21-10-9-15(13-28-21)16-12-18-24(33-34-25(18)29-14-16)26-30-20-8-5-6-17(23(20)32-26)19-7-3-4-11-27-19/h5-16H,1H2,2-4H3,(H,32,34)(H,33,37)(H,31,35,36);3-14H,2H2,1H3,(H,30,32)(H,28,31,35)(H,29,33,34)/b21-8-;. The summed E-state index contributed by atoms with van der Waals surface area (Å²) >= 11 is 0. The highest BCUT2D eigenvalue weighted by molar-refractivity contribution is 5.98. The molecule has 0 saturated heterocycles. The topological polar surface area (TPSA) is 250 Å². The molecule has 0 aliphatic carbocycles. The van der Waals surface area contributed by atoms with Crippen molar-refractivity contribution in [3.05, 3.63) is 164 Å². The third-order valence-electron chi connectivity index (χ3n) is 11.7. The Morgan fingerprint density at radius 2 is 1.39 bits per heavy atom. The lowest BCUT2D eigenvalue weighted by Gasteiger charge is -2.09. The Kier molecular flexibility index (Phi) is 12.8. The summed E-state index contributed by atoms with van der Waals surface area (Å²) in [5.41, 5.74) is 13.6. The molecule has 0 aliphatic heterocycles. The molecule has 0 radical (unpaired) electrons. The Bertz CT molecular complexity index is 3800. The fourth-order valence-electron chi connectivity index (χ4n) is 7.94. The van der Waals surface area contributed by atoms with Gasteiger partial charge in [-0.15, -0.1) is 0 Å². The minimum Gasteiger partial charge on any atom is -0.340 e. The van der Waals surface area contributed by atoms with Crippen molar-refractivity contribution in [3.63, 3.8) is 0 Å². The smallest absolute Gasteiger partial charge is 0.226 e. The molecule has 18 nitrogen and oxygen atoms in total. The lowest BCUT2D eigenvalue weighted by Crippen LogP contribution is -2.17. The second-order valence-corrected chi connectivity index (χ2v) is 16.9. The lowest BCUT2D eigenvalue weighted by atomic mass is 10.1. The van der Waals surface area contributed by atoms with Crippen LogP contribution >= 0.6 is 0 Å². The number of nitrogens with zero attached hydrogens (tertiary/aromatic N) is 10. The highest BCUT2D eigenvalue weighted by Gasteiger charge is 2.20. The van der Waals surface area contributed by atoms with Gasteiger partial charge in [0.25, 0.3) is 0 Å². The fourth-order valence-corrected chi connectivity index (χ4v) is 7.94. The minimum atomic E-state index is -0.128. The summed E-state index contributed by atoms with van der Waals surface area (Å²) in [6, 6.07) is 27.1. The highest BCUT2D eigenvalue weighted by Crippen LogP contribution is 2.34. The zero-order chi connectivity index (χ0) is 49.7. The van der Waals surface area contributed by atoms with E-state index >= 15 is 0 Å². The number of aromatic amines is 4. The number of para-hydroxylation sites is 1. The predicted molar refractivity (Wildman–Crippen MR) is 279 cm³/mol. The molecule has 0 aliphatic rings. The molecule has 1 aromatic carbocycles. The van der Waals surface area contributed by atoms with Crippen LogP contribution in [0, 0.1) is 12.8 Å². The van der Waals surface area contributed by atoms with Crippen molar-refractivity contribution in [3.8, 4) is 56.5 Å². The summed E-state index contributed by atoms with van der Waals surface area (Å²) < 4.78 is 0. The Morgan fingerprint density at radius 1 is 0.694 bits per heavy atom. The molecule has 0 fully saturated rings. The molecule has 2 amide bonds. The molecule has 11 rings (SSSR count). The number of amides is 2. The van der Waals surface area contributed by atoms with Crippen LogP contribution in [0.4, 0.5) is 11.5 Å². The molecule has 354 valence electrons. The average molecular weight is 951 g/mol. The van der Waals surface area contributed by atoms with E-state index in [9.17, 15) is 9.59 Å². The monoisotopic (exact) mass is 950 g/mol. The third kappa shape index (κ3) is 9.46. The Hall–Kier alpha value is -9.84. The summed E-state index contributed by atoms with van der Waals surface area (Å²) in [4.78, 5) is 66.9. The number of anilines is 2. The lowest BCUT2D eigenvalue weighted by molar-refractivity contribution is -0.119. The van der Waals surface area contributed by atoms with Gasteiger partial charge in [-0.25, -0.2) is 24.9 Å². The Labute approximate surface area is 411 Å². The summed E-state index contributed by atoms with van der Waals surface area (Å²) in [6.07, 6.45) is 16.1. The van der Waals surface area contributed by atoms with Crippen molar-refractivity contribution in [1.29, 1.82) is 0 Å². The second kappa shape index (κ2) is 20.0. The van der Waals surface area contributed by atoms with Crippen LogP contribution in [0.1, 0.15) is 44.3 Å². The SMILES string of the molecule is C=C/C=C(/c1ccccn1)c1nc(-c2[nH]nc3ncc(-c4cncc(NC(=O)C(C)C)c4)cc23)[nH]c1C.CCC(=O)Nc1ccc(-c2cnc3n[nH]c(-c4nc5c(-c6ccccn6)cccc5[nH]4)c3c2)cn1. The number of benzene rings is 1. The number of fused-ring (bicyclic) bond motifs is 3. The first-order chi connectivity index (χ1) is 35.1. The van der Waals surface area contributed by atoms with E-state index in [0.29, 0.717) is 40.9 Å². The second-order valence-electron chi connectivity index (χ2n) is 16.9. The van der Waals surface area contributed by atoms with Gasteiger partial charge in [0.2, 0.25) is 11.8 Å². The molecule has 10 aromatic heterocycles. The molecular weight excluding hydrogens is 905 g/mol. The van der Waals surface area contributed by atoms with Gasteiger partial charge in [0.05, 0.1) is 50.8 Å². The number of imidazole rings is 2. The fraction of sp³-hybridized carbons (Fsp3) is 0.111. The molecule has 10 heterocycles. The number of aromatic nitrogens is 14. The van der Waals surface area contributed by atoms with Crippen molar-refractivity contribution in [2.75, 3.05) is 10.6 Å². The maximum atomic E-state index is 12.1. The first-order valence-electron chi connectivity index (χ1n) is 23.1.